The van der Waals surface area contributed by atoms with E-state index >= 15 is 0 Å². The number of sulfonamides is 1. The van der Waals surface area contributed by atoms with Crippen molar-refractivity contribution in [2.75, 3.05) is 17.7 Å². The van der Waals surface area contributed by atoms with Crippen molar-refractivity contribution < 1.29 is 8.42 Å². The lowest BCUT2D eigenvalue weighted by atomic mass is 10.1. The molecule has 114 valence electrons. The van der Waals surface area contributed by atoms with Crippen molar-refractivity contribution in [2.45, 2.75) is 24.3 Å². The molecule has 0 saturated carbocycles. The van der Waals surface area contributed by atoms with Gasteiger partial charge in [0.15, 0.2) is 0 Å². The third kappa shape index (κ3) is 3.75. The van der Waals surface area contributed by atoms with E-state index in [2.05, 4.69) is 23.3 Å². The highest BCUT2D eigenvalue weighted by Crippen LogP contribution is 2.25. The zero-order valence-corrected chi connectivity index (χ0v) is 13.6. The van der Waals surface area contributed by atoms with E-state index in [1.807, 2.05) is 13.1 Å². The average Bonchev–Trinajstić information content (AvgIpc) is 2.89. The molecule has 0 spiro atoms. The molecule has 1 unspecified atom stereocenters. The summed E-state index contributed by atoms with van der Waals surface area (Å²) < 4.78 is 22.7. The maximum atomic E-state index is 11.4. The molecule has 7 heteroatoms. The second kappa shape index (κ2) is 6.05. The Morgan fingerprint density at radius 3 is 2.57 bits per heavy atom. The third-order valence-corrected chi connectivity index (χ3v) is 5.33. The van der Waals surface area contributed by atoms with Crippen LogP contribution in [0.2, 0.25) is 0 Å². The number of thiophene rings is 1. The second-order valence-electron chi connectivity index (χ2n) is 5.01. The summed E-state index contributed by atoms with van der Waals surface area (Å²) in [7, 11) is -1.82. The molecular weight excluding hydrogens is 306 g/mol. The Kier molecular flexibility index (Phi) is 4.55. The van der Waals surface area contributed by atoms with Gasteiger partial charge >= 0.3 is 0 Å². The Hall–Kier alpha value is -1.57. The van der Waals surface area contributed by atoms with Crippen molar-refractivity contribution in [3.63, 3.8) is 0 Å². The number of primary sulfonamides is 1. The van der Waals surface area contributed by atoms with Crippen LogP contribution in [0.15, 0.2) is 40.6 Å². The summed E-state index contributed by atoms with van der Waals surface area (Å²) in [5.74, 6) is 0. The van der Waals surface area contributed by atoms with E-state index in [9.17, 15) is 8.42 Å². The van der Waals surface area contributed by atoms with Crippen molar-refractivity contribution >= 4 is 32.7 Å². The van der Waals surface area contributed by atoms with Gasteiger partial charge in [0, 0.05) is 30.1 Å². The van der Waals surface area contributed by atoms with E-state index in [1.54, 1.807) is 23.5 Å². The molecule has 0 aliphatic carbocycles. The minimum atomic E-state index is -3.78. The Morgan fingerprint density at radius 1 is 1.33 bits per heavy atom. The number of anilines is 2. The van der Waals surface area contributed by atoms with E-state index in [-0.39, 0.29) is 16.6 Å². The molecule has 1 atom stereocenters. The fourth-order valence-electron chi connectivity index (χ4n) is 2.13. The van der Waals surface area contributed by atoms with Crippen LogP contribution >= 0.6 is 11.3 Å². The Labute approximate surface area is 129 Å². The molecule has 0 fully saturated rings. The number of rotatable bonds is 5. The van der Waals surface area contributed by atoms with Crippen molar-refractivity contribution in [2.24, 2.45) is 5.14 Å². The van der Waals surface area contributed by atoms with Gasteiger partial charge in [-0.1, -0.05) is 6.07 Å². The molecule has 2 rings (SSSR count). The molecule has 0 amide bonds. The van der Waals surface area contributed by atoms with Gasteiger partial charge in [-0.2, -0.15) is 0 Å². The molecule has 0 radical (unpaired) electrons. The normalized spacial score (nSPS) is 13.1. The number of nitrogens with two attached hydrogens (primary N) is 2. The van der Waals surface area contributed by atoms with E-state index in [0.29, 0.717) is 0 Å². The molecule has 2 aromatic rings. The summed E-state index contributed by atoms with van der Waals surface area (Å²) in [5, 5.41) is 7.17. The van der Waals surface area contributed by atoms with Crippen LogP contribution in [0.25, 0.3) is 0 Å². The largest absolute Gasteiger partial charge is 0.398 e. The average molecular weight is 325 g/mol. The summed E-state index contributed by atoms with van der Waals surface area (Å²) >= 11 is 1.73. The smallest absolute Gasteiger partial charge is 0.240 e. The summed E-state index contributed by atoms with van der Waals surface area (Å²) in [5.41, 5.74) is 6.83. The van der Waals surface area contributed by atoms with Crippen molar-refractivity contribution in [1.29, 1.82) is 0 Å². The highest BCUT2D eigenvalue weighted by atomic mass is 32.2. The van der Waals surface area contributed by atoms with Crippen LogP contribution in [0.3, 0.4) is 0 Å². The van der Waals surface area contributed by atoms with Gasteiger partial charge < -0.3 is 10.6 Å². The highest BCUT2D eigenvalue weighted by Gasteiger charge is 2.16. The van der Waals surface area contributed by atoms with Crippen molar-refractivity contribution in [1.82, 2.24) is 0 Å². The van der Waals surface area contributed by atoms with Crippen LogP contribution in [0.5, 0.6) is 0 Å². The number of hydrogen-bond acceptors (Lipinski definition) is 5. The summed E-state index contributed by atoms with van der Waals surface area (Å²) in [6.07, 6.45) is 0.922. The number of benzene rings is 1. The van der Waals surface area contributed by atoms with Gasteiger partial charge in [-0.05, 0) is 36.6 Å². The van der Waals surface area contributed by atoms with Crippen molar-refractivity contribution in [3.8, 4) is 0 Å². The van der Waals surface area contributed by atoms with Crippen LogP contribution in [0.1, 0.15) is 11.8 Å². The maximum Gasteiger partial charge on any atom is 0.240 e. The quantitative estimate of drug-likeness (QED) is 0.823. The number of hydrogen-bond donors (Lipinski definition) is 2. The highest BCUT2D eigenvalue weighted by molar-refractivity contribution is 7.89. The predicted octanol–water partition coefficient (Wildman–Crippen LogP) is 2.05. The van der Waals surface area contributed by atoms with E-state index in [0.717, 1.165) is 12.1 Å². The lowest BCUT2D eigenvalue weighted by molar-refractivity contribution is 0.598. The van der Waals surface area contributed by atoms with Gasteiger partial charge in [-0.15, -0.1) is 11.3 Å². The first-order chi connectivity index (χ1) is 9.79. The van der Waals surface area contributed by atoms with Gasteiger partial charge in [0.1, 0.15) is 4.90 Å². The van der Waals surface area contributed by atoms with E-state index < -0.39 is 10.0 Å². The van der Waals surface area contributed by atoms with Gasteiger partial charge in [-0.25, -0.2) is 13.6 Å². The van der Waals surface area contributed by atoms with Gasteiger partial charge in [0.2, 0.25) is 10.0 Å². The SMILES string of the molecule is CC(Cc1cccs1)N(C)c1ccc(S(N)(=O)=O)c(N)c1. The molecule has 1 aromatic carbocycles. The standard InChI is InChI=1S/C14H19N3O2S2/c1-10(8-12-4-3-7-20-12)17(2)11-5-6-14(13(15)9-11)21(16,18)19/h3-7,9-10H,8,15H2,1-2H3,(H2,16,18,19). The molecule has 1 aromatic heterocycles. The Balaban J connectivity index is 2.19. The monoisotopic (exact) mass is 325 g/mol. The maximum absolute atomic E-state index is 11.4. The predicted molar refractivity (Wildman–Crippen MR) is 88.1 cm³/mol. The van der Waals surface area contributed by atoms with E-state index in [1.165, 1.54) is 10.9 Å². The minimum absolute atomic E-state index is 0.0365. The number of likely N-dealkylation sites (N-methyl/N-ethyl adjacent to an activating group) is 1. The zero-order chi connectivity index (χ0) is 15.6. The second-order valence-corrected chi connectivity index (χ2v) is 7.57. The Morgan fingerprint density at radius 2 is 2.05 bits per heavy atom. The summed E-state index contributed by atoms with van der Waals surface area (Å²) in [6, 6.07) is 9.22. The van der Waals surface area contributed by atoms with Crippen LogP contribution in [0, 0.1) is 0 Å². The van der Waals surface area contributed by atoms with Gasteiger partial charge in [0.05, 0.1) is 5.69 Å². The fourth-order valence-corrected chi connectivity index (χ4v) is 3.60. The topological polar surface area (TPSA) is 89.4 Å². The molecular formula is C14H19N3O2S2. The molecule has 0 aliphatic rings. The number of nitrogens with zero attached hydrogens (tertiary/aromatic N) is 1. The van der Waals surface area contributed by atoms with Crippen LogP contribution in [-0.2, 0) is 16.4 Å². The van der Waals surface area contributed by atoms with Crippen molar-refractivity contribution in [3.05, 3.63) is 40.6 Å². The zero-order valence-electron chi connectivity index (χ0n) is 12.0. The molecule has 5 nitrogen and oxygen atoms in total. The summed E-state index contributed by atoms with van der Waals surface area (Å²) in [4.78, 5) is 3.34. The first kappa shape index (κ1) is 15.8. The molecule has 0 bridgehead atoms. The third-order valence-electron chi connectivity index (χ3n) is 3.45. The van der Waals surface area contributed by atoms with Gasteiger partial charge in [-0.3, -0.25) is 0 Å². The molecule has 0 saturated heterocycles. The lowest BCUT2D eigenvalue weighted by Crippen LogP contribution is -2.30. The first-order valence-electron chi connectivity index (χ1n) is 6.46. The fraction of sp³-hybridized carbons (Fsp3) is 0.286. The lowest BCUT2D eigenvalue weighted by Gasteiger charge is -2.27. The number of nitrogen functional groups attached to an aromatic ring is 1. The minimum Gasteiger partial charge on any atom is -0.398 e. The first-order valence-corrected chi connectivity index (χ1v) is 8.89. The molecule has 1 heterocycles. The van der Waals surface area contributed by atoms with Gasteiger partial charge in [0.25, 0.3) is 0 Å². The molecule has 0 aliphatic heterocycles. The Bertz CT molecular complexity index is 712. The molecule has 4 N–H and O–H groups in total. The summed E-state index contributed by atoms with van der Waals surface area (Å²) in [6.45, 7) is 2.11. The van der Waals surface area contributed by atoms with Crippen LogP contribution < -0.4 is 15.8 Å². The molecule has 21 heavy (non-hydrogen) atoms. The van der Waals surface area contributed by atoms with Crippen LogP contribution in [0.4, 0.5) is 11.4 Å². The van der Waals surface area contributed by atoms with Crippen LogP contribution in [-0.4, -0.2) is 21.5 Å². The van der Waals surface area contributed by atoms with E-state index in [4.69, 9.17) is 10.9 Å².